The highest BCUT2D eigenvalue weighted by Gasteiger charge is 2.28. The molecule has 1 aliphatic heterocycles. The average molecular weight is 248 g/mol. The predicted molar refractivity (Wildman–Crippen MR) is 63.0 cm³/mol. The molecule has 0 spiro atoms. The second-order valence-corrected chi connectivity index (χ2v) is 4.52. The standard InChI is InChI=1S/C12H15F2N.ClH/c1-12(5-2-6-15-12)8-9-3-4-10(13)11(14)7-9;/h3-4,7,15H,2,5-6,8H2,1H3;1H. The molecule has 0 amide bonds. The lowest BCUT2D eigenvalue weighted by molar-refractivity contribution is 0.410. The lowest BCUT2D eigenvalue weighted by Gasteiger charge is -2.24. The molecule has 0 bridgehead atoms. The molecule has 1 atom stereocenters. The van der Waals surface area contributed by atoms with Gasteiger partial charge in [0.25, 0.3) is 0 Å². The van der Waals surface area contributed by atoms with Gasteiger partial charge >= 0.3 is 0 Å². The molecule has 0 radical (unpaired) electrons. The zero-order chi connectivity index (χ0) is 10.9. The molecule has 90 valence electrons. The van der Waals surface area contributed by atoms with Crippen molar-refractivity contribution >= 4 is 12.4 Å². The third-order valence-corrected chi connectivity index (χ3v) is 3.04. The minimum atomic E-state index is -0.775. The van der Waals surface area contributed by atoms with Gasteiger partial charge in [-0.15, -0.1) is 12.4 Å². The van der Waals surface area contributed by atoms with Crippen LogP contribution in [-0.4, -0.2) is 12.1 Å². The van der Waals surface area contributed by atoms with Crippen molar-refractivity contribution < 1.29 is 8.78 Å². The van der Waals surface area contributed by atoms with E-state index < -0.39 is 11.6 Å². The summed E-state index contributed by atoms with van der Waals surface area (Å²) in [4.78, 5) is 0. The van der Waals surface area contributed by atoms with Crippen LogP contribution in [0.2, 0.25) is 0 Å². The van der Waals surface area contributed by atoms with Crippen LogP contribution in [-0.2, 0) is 6.42 Å². The fourth-order valence-corrected chi connectivity index (χ4v) is 2.21. The maximum atomic E-state index is 13.0. The maximum absolute atomic E-state index is 13.0. The first-order valence-electron chi connectivity index (χ1n) is 5.28. The van der Waals surface area contributed by atoms with E-state index in [1.54, 1.807) is 6.07 Å². The number of hydrogen-bond donors (Lipinski definition) is 1. The molecule has 1 saturated heterocycles. The Hall–Kier alpha value is -0.670. The zero-order valence-corrected chi connectivity index (χ0v) is 10.0. The summed E-state index contributed by atoms with van der Waals surface area (Å²) in [5.41, 5.74) is 0.898. The van der Waals surface area contributed by atoms with E-state index in [1.807, 2.05) is 0 Å². The van der Waals surface area contributed by atoms with Crippen LogP contribution in [0, 0.1) is 11.6 Å². The van der Waals surface area contributed by atoms with E-state index in [0.29, 0.717) is 0 Å². The van der Waals surface area contributed by atoms with Gasteiger partial charge in [0, 0.05) is 5.54 Å². The van der Waals surface area contributed by atoms with Crippen molar-refractivity contribution in [3.8, 4) is 0 Å². The lowest BCUT2D eigenvalue weighted by atomic mass is 9.91. The fourth-order valence-electron chi connectivity index (χ4n) is 2.21. The Kier molecular flexibility index (Phi) is 4.28. The minimum Gasteiger partial charge on any atom is -0.311 e. The number of rotatable bonds is 2. The molecular formula is C12H16ClF2N. The fraction of sp³-hybridized carbons (Fsp3) is 0.500. The molecule has 0 aliphatic carbocycles. The van der Waals surface area contributed by atoms with Crippen molar-refractivity contribution in [2.24, 2.45) is 0 Å². The van der Waals surface area contributed by atoms with E-state index in [-0.39, 0.29) is 17.9 Å². The smallest absolute Gasteiger partial charge is 0.159 e. The molecule has 1 aromatic carbocycles. The molecule has 0 aromatic heterocycles. The third kappa shape index (κ3) is 2.92. The molecule has 16 heavy (non-hydrogen) atoms. The summed E-state index contributed by atoms with van der Waals surface area (Å²) in [7, 11) is 0. The van der Waals surface area contributed by atoms with Crippen LogP contribution in [0.15, 0.2) is 18.2 Å². The largest absolute Gasteiger partial charge is 0.311 e. The Bertz CT molecular complexity index is 362. The molecule has 1 unspecified atom stereocenters. The molecule has 1 heterocycles. The molecular weight excluding hydrogens is 232 g/mol. The van der Waals surface area contributed by atoms with Crippen LogP contribution in [0.5, 0.6) is 0 Å². The third-order valence-electron chi connectivity index (χ3n) is 3.04. The normalized spacial score (nSPS) is 24.2. The van der Waals surface area contributed by atoms with E-state index in [2.05, 4.69) is 12.2 Å². The van der Waals surface area contributed by atoms with Crippen molar-refractivity contribution in [3.05, 3.63) is 35.4 Å². The van der Waals surface area contributed by atoms with Crippen LogP contribution >= 0.6 is 12.4 Å². The van der Waals surface area contributed by atoms with Crippen molar-refractivity contribution in [1.82, 2.24) is 5.32 Å². The summed E-state index contributed by atoms with van der Waals surface area (Å²) in [5, 5.41) is 3.40. The van der Waals surface area contributed by atoms with Crippen LogP contribution in [0.25, 0.3) is 0 Å². The van der Waals surface area contributed by atoms with Crippen molar-refractivity contribution in [3.63, 3.8) is 0 Å². The maximum Gasteiger partial charge on any atom is 0.159 e. The van der Waals surface area contributed by atoms with Crippen LogP contribution in [0.3, 0.4) is 0 Å². The highest BCUT2D eigenvalue weighted by atomic mass is 35.5. The van der Waals surface area contributed by atoms with Gasteiger partial charge in [0.1, 0.15) is 0 Å². The summed E-state index contributed by atoms with van der Waals surface area (Å²) in [6.45, 7) is 3.14. The van der Waals surface area contributed by atoms with Crippen molar-refractivity contribution in [1.29, 1.82) is 0 Å². The van der Waals surface area contributed by atoms with Gasteiger partial charge in [-0.1, -0.05) is 6.07 Å². The van der Waals surface area contributed by atoms with Gasteiger partial charge in [0.2, 0.25) is 0 Å². The van der Waals surface area contributed by atoms with E-state index in [9.17, 15) is 8.78 Å². The second kappa shape index (κ2) is 5.11. The van der Waals surface area contributed by atoms with Gasteiger partial charge in [-0.25, -0.2) is 8.78 Å². The van der Waals surface area contributed by atoms with E-state index in [0.717, 1.165) is 31.4 Å². The Balaban J connectivity index is 0.00000128. The molecule has 1 fully saturated rings. The van der Waals surface area contributed by atoms with Crippen LogP contribution in [0.1, 0.15) is 25.3 Å². The molecule has 1 aliphatic rings. The molecule has 4 heteroatoms. The summed E-state index contributed by atoms with van der Waals surface area (Å²) in [6, 6.07) is 4.15. The molecule has 1 N–H and O–H groups in total. The molecule has 2 rings (SSSR count). The number of nitrogens with one attached hydrogen (secondary N) is 1. The Morgan fingerprint density at radius 2 is 2.06 bits per heavy atom. The average Bonchev–Trinajstić information content (AvgIpc) is 2.59. The highest BCUT2D eigenvalue weighted by Crippen LogP contribution is 2.24. The Labute approximate surface area is 101 Å². The van der Waals surface area contributed by atoms with Gasteiger partial charge in [-0.05, 0) is 50.4 Å². The summed E-state index contributed by atoms with van der Waals surface area (Å²) >= 11 is 0. The van der Waals surface area contributed by atoms with E-state index in [1.165, 1.54) is 12.1 Å². The van der Waals surface area contributed by atoms with Gasteiger partial charge in [-0.2, -0.15) is 0 Å². The quantitative estimate of drug-likeness (QED) is 0.847. The summed E-state index contributed by atoms with van der Waals surface area (Å²) < 4.78 is 25.7. The number of benzene rings is 1. The highest BCUT2D eigenvalue weighted by molar-refractivity contribution is 5.85. The molecule has 1 aromatic rings. The zero-order valence-electron chi connectivity index (χ0n) is 9.22. The van der Waals surface area contributed by atoms with Crippen LogP contribution < -0.4 is 5.32 Å². The summed E-state index contributed by atoms with van der Waals surface area (Å²) in [5.74, 6) is -1.53. The first kappa shape index (κ1) is 13.4. The molecule has 0 saturated carbocycles. The van der Waals surface area contributed by atoms with Crippen LogP contribution in [0.4, 0.5) is 8.78 Å². The topological polar surface area (TPSA) is 12.0 Å². The lowest BCUT2D eigenvalue weighted by Crippen LogP contribution is -2.38. The monoisotopic (exact) mass is 247 g/mol. The van der Waals surface area contributed by atoms with E-state index in [4.69, 9.17) is 0 Å². The second-order valence-electron chi connectivity index (χ2n) is 4.52. The first-order chi connectivity index (χ1) is 7.09. The van der Waals surface area contributed by atoms with Gasteiger partial charge < -0.3 is 5.32 Å². The van der Waals surface area contributed by atoms with Gasteiger partial charge in [0.05, 0.1) is 0 Å². The summed E-state index contributed by atoms with van der Waals surface area (Å²) in [6.07, 6.45) is 3.00. The first-order valence-corrected chi connectivity index (χ1v) is 5.28. The van der Waals surface area contributed by atoms with E-state index >= 15 is 0 Å². The molecule has 1 nitrogen and oxygen atoms in total. The number of halogens is 3. The number of hydrogen-bond acceptors (Lipinski definition) is 1. The van der Waals surface area contributed by atoms with Crippen molar-refractivity contribution in [2.45, 2.75) is 31.7 Å². The Morgan fingerprint density at radius 3 is 2.62 bits per heavy atom. The Morgan fingerprint density at radius 1 is 1.31 bits per heavy atom. The SMILES string of the molecule is CC1(Cc2ccc(F)c(F)c2)CCCN1.Cl. The predicted octanol–water partition coefficient (Wildman–Crippen LogP) is 3.07. The van der Waals surface area contributed by atoms with Gasteiger partial charge in [-0.3, -0.25) is 0 Å². The minimum absolute atomic E-state index is 0. The van der Waals surface area contributed by atoms with Crippen molar-refractivity contribution in [2.75, 3.05) is 6.54 Å². The van der Waals surface area contributed by atoms with Gasteiger partial charge in [0.15, 0.2) is 11.6 Å².